The van der Waals surface area contributed by atoms with Crippen LogP contribution < -0.4 is 0 Å². The topological polar surface area (TPSA) is 0 Å². The van der Waals surface area contributed by atoms with E-state index in [4.69, 9.17) is 0 Å². The zero-order valence-electron chi connectivity index (χ0n) is 9.41. The second-order valence-corrected chi connectivity index (χ2v) is 5.42. The van der Waals surface area contributed by atoms with E-state index < -0.39 is 0 Å². The average Bonchev–Trinajstić information content (AvgIpc) is 2.23. The highest BCUT2D eigenvalue weighted by molar-refractivity contribution is 7.99. The molecule has 0 aliphatic heterocycles. The Morgan fingerprint density at radius 3 is 2.67 bits per heavy atom. The first-order chi connectivity index (χ1) is 7.33. The van der Waals surface area contributed by atoms with Crippen LogP contribution in [0.3, 0.4) is 0 Å². The summed E-state index contributed by atoms with van der Waals surface area (Å²) in [7, 11) is 0. The highest BCUT2D eigenvalue weighted by Crippen LogP contribution is 2.20. The van der Waals surface area contributed by atoms with Crippen LogP contribution in [0, 0.1) is 6.92 Å². The van der Waals surface area contributed by atoms with E-state index in [0.29, 0.717) is 0 Å². The van der Waals surface area contributed by atoms with Gasteiger partial charge in [0.05, 0.1) is 0 Å². The molecule has 1 rings (SSSR count). The molecule has 0 amide bonds. The third-order valence-corrected chi connectivity index (χ3v) is 3.71. The number of thiol groups is 1. The third kappa shape index (κ3) is 6.16. The summed E-state index contributed by atoms with van der Waals surface area (Å²) in [6, 6.07) is 8.75. The van der Waals surface area contributed by atoms with Crippen molar-refractivity contribution in [1.82, 2.24) is 0 Å². The summed E-state index contributed by atoms with van der Waals surface area (Å²) < 4.78 is 0. The second-order valence-electron chi connectivity index (χ2n) is 3.80. The van der Waals surface area contributed by atoms with Crippen LogP contribution in [0.5, 0.6) is 0 Å². The van der Waals surface area contributed by atoms with Crippen molar-refractivity contribution in [2.45, 2.75) is 37.5 Å². The van der Waals surface area contributed by atoms with Crippen molar-refractivity contribution in [3.05, 3.63) is 29.8 Å². The maximum atomic E-state index is 4.21. The molecule has 2 heteroatoms. The van der Waals surface area contributed by atoms with Crippen LogP contribution in [-0.4, -0.2) is 11.5 Å². The second kappa shape index (κ2) is 8.12. The van der Waals surface area contributed by atoms with Crippen LogP contribution in [0.2, 0.25) is 0 Å². The summed E-state index contributed by atoms with van der Waals surface area (Å²) in [6.07, 6.45) is 5.27. The number of rotatable bonds is 7. The van der Waals surface area contributed by atoms with E-state index in [2.05, 4.69) is 43.8 Å². The monoisotopic (exact) mass is 240 g/mol. The molecule has 15 heavy (non-hydrogen) atoms. The van der Waals surface area contributed by atoms with Crippen molar-refractivity contribution in [3.63, 3.8) is 0 Å². The molecule has 0 saturated carbocycles. The summed E-state index contributed by atoms with van der Waals surface area (Å²) in [4.78, 5) is 1.41. The van der Waals surface area contributed by atoms with E-state index in [1.807, 2.05) is 11.8 Å². The fourth-order valence-corrected chi connectivity index (χ4v) is 2.71. The highest BCUT2D eigenvalue weighted by Gasteiger charge is 1.94. The van der Waals surface area contributed by atoms with Crippen molar-refractivity contribution < 1.29 is 0 Å². The van der Waals surface area contributed by atoms with Crippen LogP contribution in [0.15, 0.2) is 29.2 Å². The molecule has 1 aromatic rings. The van der Waals surface area contributed by atoms with Gasteiger partial charge in [-0.2, -0.15) is 12.6 Å². The summed E-state index contributed by atoms with van der Waals surface area (Å²) in [5.41, 5.74) is 1.36. The zero-order valence-corrected chi connectivity index (χ0v) is 11.1. The van der Waals surface area contributed by atoms with Crippen molar-refractivity contribution >= 4 is 24.4 Å². The van der Waals surface area contributed by atoms with Crippen molar-refractivity contribution in [2.75, 3.05) is 11.5 Å². The Labute approximate surface area is 103 Å². The normalized spacial score (nSPS) is 10.5. The predicted molar refractivity (Wildman–Crippen MR) is 74.2 cm³/mol. The van der Waals surface area contributed by atoms with Gasteiger partial charge in [0.25, 0.3) is 0 Å². The van der Waals surface area contributed by atoms with E-state index in [1.54, 1.807) is 0 Å². The van der Waals surface area contributed by atoms with Gasteiger partial charge in [-0.3, -0.25) is 0 Å². The van der Waals surface area contributed by atoms with Crippen LogP contribution in [0.1, 0.15) is 31.2 Å². The van der Waals surface area contributed by atoms with Crippen LogP contribution in [0.4, 0.5) is 0 Å². The number of thioether (sulfide) groups is 1. The Kier molecular flexibility index (Phi) is 7.03. The fourth-order valence-electron chi connectivity index (χ4n) is 1.46. The SMILES string of the molecule is Cc1cccc(SCCCCCCS)c1. The Hall–Kier alpha value is -0.0800. The van der Waals surface area contributed by atoms with Crippen molar-refractivity contribution in [1.29, 1.82) is 0 Å². The lowest BCUT2D eigenvalue weighted by atomic mass is 10.2. The van der Waals surface area contributed by atoms with Crippen molar-refractivity contribution in [2.24, 2.45) is 0 Å². The minimum Gasteiger partial charge on any atom is -0.179 e. The van der Waals surface area contributed by atoms with Crippen LogP contribution >= 0.6 is 24.4 Å². The fraction of sp³-hybridized carbons (Fsp3) is 0.538. The lowest BCUT2D eigenvalue weighted by Gasteiger charge is -2.02. The molecule has 0 spiro atoms. The van der Waals surface area contributed by atoms with E-state index in [1.165, 1.54) is 41.9 Å². The largest absolute Gasteiger partial charge is 0.179 e. The molecule has 0 N–H and O–H groups in total. The summed E-state index contributed by atoms with van der Waals surface area (Å²) in [5, 5.41) is 0. The smallest absolute Gasteiger partial charge is 0.00745 e. The average molecular weight is 240 g/mol. The number of unbranched alkanes of at least 4 members (excludes halogenated alkanes) is 3. The maximum absolute atomic E-state index is 4.21. The van der Waals surface area contributed by atoms with E-state index in [9.17, 15) is 0 Å². The molecular formula is C13H20S2. The molecule has 0 aromatic heterocycles. The van der Waals surface area contributed by atoms with Gasteiger partial charge in [0, 0.05) is 4.90 Å². The molecule has 0 heterocycles. The molecular weight excluding hydrogens is 220 g/mol. The molecule has 0 unspecified atom stereocenters. The minimum absolute atomic E-state index is 1.03. The van der Waals surface area contributed by atoms with Gasteiger partial charge in [0.1, 0.15) is 0 Å². The molecule has 0 fully saturated rings. The number of hydrogen-bond acceptors (Lipinski definition) is 2. The maximum Gasteiger partial charge on any atom is 0.00745 e. The lowest BCUT2D eigenvalue weighted by Crippen LogP contribution is -1.83. The molecule has 0 nitrogen and oxygen atoms in total. The Morgan fingerprint density at radius 2 is 1.93 bits per heavy atom. The summed E-state index contributed by atoms with van der Waals surface area (Å²) >= 11 is 6.18. The minimum atomic E-state index is 1.03. The van der Waals surface area contributed by atoms with Crippen LogP contribution in [0.25, 0.3) is 0 Å². The molecule has 0 radical (unpaired) electrons. The number of benzene rings is 1. The van der Waals surface area contributed by atoms with Gasteiger partial charge in [0.15, 0.2) is 0 Å². The molecule has 0 atom stereocenters. The standard InChI is InChI=1S/C13H20S2/c1-12-7-6-8-13(11-12)15-10-5-3-2-4-9-14/h6-8,11,14H,2-5,9-10H2,1H3. The zero-order chi connectivity index (χ0) is 10.9. The molecule has 84 valence electrons. The lowest BCUT2D eigenvalue weighted by molar-refractivity contribution is 0.712. The van der Waals surface area contributed by atoms with E-state index in [0.717, 1.165) is 5.75 Å². The Bertz CT molecular complexity index is 271. The van der Waals surface area contributed by atoms with Gasteiger partial charge >= 0.3 is 0 Å². The summed E-state index contributed by atoms with van der Waals surface area (Å²) in [6.45, 7) is 2.15. The molecule has 0 bridgehead atoms. The van der Waals surface area contributed by atoms with Gasteiger partial charge in [-0.05, 0) is 43.4 Å². The molecule has 0 aliphatic rings. The van der Waals surface area contributed by atoms with Gasteiger partial charge in [-0.25, -0.2) is 0 Å². The van der Waals surface area contributed by atoms with Crippen LogP contribution in [-0.2, 0) is 0 Å². The number of hydrogen-bond donors (Lipinski definition) is 1. The predicted octanol–water partition coefficient (Wildman–Crippen LogP) is 4.58. The molecule has 0 saturated heterocycles. The van der Waals surface area contributed by atoms with E-state index >= 15 is 0 Å². The van der Waals surface area contributed by atoms with Gasteiger partial charge in [-0.1, -0.05) is 30.5 Å². The Morgan fingerprint density at radius 1 is 1.13 bits per heavy atom. The van der Waals surface area contributed by atoms with Gasteiger partial charge < -0.3 is 0 Å². The third-order valence-electron chi connectivity index (χ3n) is 2.31. The molecule has 0 aliphatic carbocycles. The molecule has 1 aromatic carbocycles. The Balaban J connectivity index is 2.10. The van der Waals surface area contributed by atoms with Gasteiger partial charge in [-0.15, -0.1) is 11.8 Å². The quantitative estimate of drug-likeness (QED) is 0.413. The first-order valence-corrected chi connectivity index (χ1v) is 7.25. The van der Waals surface area contributed by atoms with E-state index in [-0.39, 0.29) is 0 Å². The number of aryl methyl sites for hydroxylation is 1. The highest BCUT2D eigenvalue weighted by atomic mass is 32.2. The summed E-state index contributed by atoms with van der Waals surface area (Å²) in [5.74, 6) is 2.28. The van der Waals surface area contributed by atoms with Crippen molar-refractivity contribution in [3.8, 4) is 0 Å². The van der Waals surface area contributed by atoms with Gasteiger partial charge in [0.2, 0.25) is 0 Å². The first kappa shape index (κ1) is 13.0. The first-order valence-electron chi connectivity index (χ1n) is 5.63.